The average molecular weight is 355 g/mol. The van der Waals surface area contributed by atoms with Crippen molar-refractivity contribution in [1.82, 2.24) is 4.98 Å². The molecule has 0 bridgehead atoms. The molecule has 0 aliphatic carbocycles. The lowest BCUT2D eigenvalue weighted by Crippen LogP contribution is -1.98. The highest BCUT2D eigenvalue weighted by Gasteiger charge is 2.16. The van der Waals surface area contributed by atoms with Gasteiger partial charge in [-0.05, 0) is 25.1 Å². The van der Waals surface area contributed by atoms with Gasteiger partial charge >= 0.3 is 0 Å². The molecule has 2 aromatic carbocycles. The third-order valence-corrected chi connectivity index (χ3v) is 4.04. The van der Waals surface area contributed by atoms with E-state index in [-0.39, 0.29) is 0 Å². The molecule has 0 unspecified atom stereocenters. The number of fused-ring (bicyclic) bond motifs is 1. The normalized spacial score (nSPS) is 11.3. The van der Waals surface area contributed by atoms with Crippen LogP contribution in [0.5, 0.6) is 5.75 Å². The van der Waals surface area contributed by atoms with Gasteiger partial charge in [0.2, 0.25) is 0 Å². The van der Waals surface area contributed by atoms with Crippen LogP contribution in [-0.2, 0) is 0 Å². The molecule has 3 rings (SSSR count). The predicted molar refractivity (Wildman–Crippen MR) is 97.2 cm³/mol. The number of aryl methyl sites for hydroxylation is 1. The summed E-state index contributed by atoms with van der Waals surface area (Å²) in [4.78, 5) is 4.50. The van der Waals surface area contributed by atoms with Crippen LogP contribution in [0.1, 0.15) is 11.3 Å². The Morgan fingerprint density at radius 2 is 1.88 bits per heavy atom. The second-order valence-electron chi connectivity index (χ2n) is 5.12. The van der Waals surface area contributed by atoms with Crippen molar-refractivity contribution >= 4 is 39.9 Å². The van der Waals surface area contributed by atoms with Gasteiger partial charge in [-0.1, -0.05) is 53.5 Å². The number of rotatable bonds is 3. The van der Waals surface area contributed by atoms with E-state index in [0.717, 1.165) is 16.6 Å². The monoisotopic (exact) mass is 354 g/mol. The maximum absolute atomic E-state index is 9.07. The van der Waals surface area contributed by atoms with Gasteiger partial charge in [-0.2, -0.15) is 5.26 Å². The standard InChI is InChI=1S/C19H12Cl2N2O/c1-12-7-8-14-15(20)11-16(21)19(18(14)23-12)24-17(9-10-22)13-5-3-2-4-6-13/h2-9,11H,1H3/b17-9-. The first-order chi connectivity index (χ1) is 11.6. The third kappa shape index (κ3) is 3.21. The van der Waals surface area contributed by atoms with E-state index < -0.39 is 0 Å². The molecule has 0 N–H and O–H groups in total. The quantitative estimate of drug-likeness (QED) is 0.441. The van der Waals surface area contributed by atoms with Gasteiger partial charge < -0.3 is 4.74 Å². The highest BCUT2D eigenvalue weighted by Crippen LogP contribution is 2.39. The van der Waals surface area contributed by atoms with Crippen LogP contribution in [0.4, 0.5) is 0 Å². The lowest BCUT2D eigenvalue weighted by Gasteiger charge is -2.14. The van der Waals surface area contributed by atoms with Crippen molar-refractivity contribution in [1.29, 1.82) is 5.26 Å². The first-order valence-corrected chi connectivity index (χ1v) is 7.94. The van der Waals surface area contributed by atoms with Gasteiger partial charge in [-0.15, -0.1) is 0 Å². The van der Waals surface area contributed by atoms with Gasteiger partial charge in [0.15, 0.2) is 5.75 Å². The molecule has 0 saturated heterocycles. The molecule has 5 heteroatoms. The molecule has 1 heterocycles. The molecular weight excluding hydrogens is 343 g/mol. The zero-order chi connectivity index (χ0) is 17.1. The summed E-state index contributed by atoms with van der Waals surface area (Å²) in [5.41, 5.74) is 2.15. The van der Waals surface area contributed by atoms with Crippen LogP contribution in [0.25, 0.3) is 16.7 Å². The molecule has 3 aromatic rings. The van der Waals surface area contributed by atoms with Crippen LogP contribution in [0.2, 0.25) is 10.0 Å². The van der Waals surface area contributed by atoms with Crippen molar-refractivity contribution in [3.8, 4) is 11.8 Å². The topological polar surface area (TPSA) is 45.9 Å². The molecular formula is C19H12Cl2N2O. The summed E-state index contributed by atoms with van der Waals surface area (Å²) < 4.78 is 5.98. The molecule has 0 saturated carbocycles. The summed E-state index contributed by atoms with van der Waals surface area (Å²) in [6, 6.07) is 16.7. The molecule has 0 spiro atoms. The van der Waals surface area contributed by atoms with Crippen molar-refractivity contribution in [3.63, 3.8) is 0 Å². The zero-order valence-electron chi connectivity index (χ0n) is 12.8. The van der Waals surface area contributed by atoms with Crippen LogP contribution in [-0.4, -0.2) is 4.98 Å². The van der Waals surface area contributed by atoms with Gasteiger partial charge in [-0.3, -0.25) is 0 Å². The van der Waals surface area contributed by atoms with E-state index >= 15 is 0 Å². The van der Waals surface area contributed by atoms with Crippen LogP contribution in [0.15, 0.2) is 54.6 Å². The highest BCUT2D eigenvalue weighted by atomic mass is 35.5. The minimum Gasteiger partial charge on any atom is -0.452 e. The van der Waals surface area contributed by atoms with Gasteiger partial charge in [-0.25, -0.2) is 4.98 Å². The SMILES string of the molecule is Cc1ccc2c(Cl)cc(Cl)c(O/C(=C\C#N)c3ccccc3)c2n1. The molecule has 0 atom stereocenters. The summed E-state index contributed by atoms with van der Waals surface area (Å²) in [5, 5.41) is 10.7. The Morgan fingerprint density at radius 1 is 1.12 bits per heavy atom. The number of hydrogen-bond acceptors (Lipinski definition) is 3. The largest absolute Gasteiger partial charge is 0.452 e. The van der Waals surface area contributed by atoms with Crippen LogP contribution < -0.4 is 4.74 Å². The van der Waals surface area contributed by atoms with Gasteiger partial charge in [0, 0.05) is 16.6 Å². The number of nitriles is 1. The van der Waals surface area contributed by atoms with E-state index in [1.807, 2.05) is 55.5 Å². The maximum atomic E-state index is 9.07. The second kappa shape index (κ2) is 6.92. The number of nitrogens with zero attached hydrogens (tertiary/aromatic N) is 2. The van der Waals surface area contributed by atoms with Crippen LogP contribution in [0.3, 0.4) is 0 Å². The molecule has 0 amide bonds. The minimum absolute atomic E-state index is 0.338. The Kier molecular flexibility index (Phi) is 4.71. The number of benzene rings is 2. The van der Waals surface area contributed by atoms with Crippen molar-refractivity contribution < 1.29 is 4.74 Å². The Labute approximate surface area is 149 Å². The summed E-state index contributed by atoms with van der Waals surface area (Å²) in [7, 11) is 0. The summed E-state index contributed by atoms with van der Waals surface area (Å²) in [6.45, 7) is 1.88. The molecule has 3 nitrogen and oxygen atoms in total. The van der Waals surface area contributed by atoms with Crippen molar-refractivity contribution in [3.05, 3.63) is 75.9 Å². The fourth-order valence-corrected chi connectivity index (χ4v) is 2.88. The van der Waals surface area contributed by atoms with E-state index in [9.17, 15) is 0 Å². The molecule has 0 fully saturated rings. The molecule has 24 heavy (non-hydrogen) atoms. The minimum atomic E-state index is 0.338. The molecule has 0 radical (unpaired) electrons. The highest BCUT2D eigenvalue weighted by molar-refractivity contribution is 6.39. The molecule has 118 valence electrons. The van der Waals surface area contributed by atoms with Crippen molar-refractivity contribution in [2.24, 2.45) is 0 Å². The van der Waals surface area contributed by atoms with Crippen molar-refractivity contribution in [2.45, 2.75) is 6.92 Å². The van der Waals surface area contributed by atoms with E-state index in [0.29, 0.717) is 27.1 Å². The van der Waals surface area contributed by atoms with E-state index in [1.54, 1.807) is 6.07 Å². The Morgan fingerprint density at radius 3 is 2.58 bits per heavy atom. The first kappa shape index (κ1) is 16.3. The Balaban J connectivity index is 2.17. The van der Waals surface area contributed by atoms with E-state index in [4.69, 9.17) is 33.2 Å². The zero-order valence-corrected chi connectivity index (χ0v) is 14.3. The number of aromatic nitrogens is 1. The third-order valence-electron chi connectivity index (χ3n) is 3.44. The average Bonchev–Trinajstić information content (AvgIpc) is 2.58. The molecule has 0 aliphatic heterocycles. The van der Waals surface area contributed by atoms with Gasteiger partial charge in [0.25, 0.3) is 0 Å². The van der Waals surface area contributed by atoms with E-state index in [2.05, 4.69) is 4.98 Å². The summed E-state index contributed by atoms with van der Waals surface area (Å²) >= 11 is 12.6. The maximum Gasteiger partial charge on any atom is 0.172 e. The Bertz CT molecular complexity index is 976. The second-order valence-corrected chi connectivity index (χ2v) is 5.94. The van der Waals surface area contributed by atoms with Crippen LogP contribution in [0, 0.1) is 18.3 Å². The van der Waals surface area contributed by atoms with Crippen LogP contribution >= 0.6 is 23.2 Å². The summed E-state index contributed by atoms with van der Waals surface area (Å²) in [5.74, 6) is 0.775. The number of ether oxygens (including phenoxy) is 1. The lowest BCUT2D eigenvalue weighted by atomic mass is 10.1. The van der Waals surface area contributed by atoms with Gasteiger partial charge in [0.1, 0.15) is 11.3 Å². The Hall–Kier alpha value is -2.54. The fourth-order valence-electron chi connectivity index (χ4n) is 2.33. The van der Waals surface area contributed by atoms with Gasteiger partial charge in [0.05, 0.1) is 22.2 Å². The van der Waals surface area contributed by atoms with E-state index in [1.165, 1.54) is 6.08 Å². The smallest absolute Gasteiger partial charge is 0.172 e. The number of halogens is 2. The molecule has 1 aromatic heterocycles. The molecule has 0 aliphatic rings. The first-order valence-electron chi connectivity index (χ1n) is 7.18. The lowest BCUT2D eigenvalue weighted by molar-refractivity contribution is 0.520. The number of pyridine rings is 1. The predicted octanol–water partition coefficient (Wildman–Crippen LogP) is 5.79. The summed E-state index contributed by atoms with van der Waals surface area (Å²) in [6.07, 6.45) is 1.34. The number of hydrogen-bond donors (Lipinski definition) is 0. The van der Waals surface area contributed by atoms with Crippen molar-refractivity contribution in [2.75, 3.05) is 0 Å². The number of allylic oxidation sites excluding steroid dienone is 1. The fraction of sp³-hybridized carbons (Fsp3) is 0.0526.